The molecule has 118 valence electrons. The van der Waals surface area contributed by atoms with Crippen LogP contribution in [-0.2, 0) is 0 Å². The van der Waals surface area contributed by atoms with E-state index in [0.717, 1.165) is 39.8 Å². The minimum Gasteiger partial charge on any atom is -0.493 e. The maximum atomic E-state index is 11.7. The summed E-state index contributed by atoms with van der Waals surface area (Å²) >= 11 is 6.24. The zero-order valence-electron chi connectivity index (χ0n) is 13.4. The first-order valence-electron chi connectivity index (χ1n) is 7.55. The highest BCUT2D eigenvalue weighted by atomic mass is 35.5. The van der Waals surface area contributed by atoms with Crippen molar-refractivity contribution in [3.63, 3.8) is 0 Å². The Morgan fingerprint density at radius 1 is 1.17 bits per heavy atom. The molecule has 0 bridgehead atoms. The molecule has 4 heteroatoms. The lowest BCUT2D eigenvalue weighted by Gasteiger charge is -2.13. The van der Waals surface area contributed by atoms with Gasteiger partial charge in [0, 0.05) is 27.9 Å². The summed E-state index contributed by atoms with van der Waals surface area (Å²) in [7, 11) is 0. The lowest BCUT2D eigenvalue weighted by atomic mass is 10.0. The third-order valence-corrected chi connectivity index (χ3v) is 4.10. The lowest BCUT2D eigenvalue weighted by Crippen LogP contribution is -1.98. The number of nitrogens with zero attached hydrogens (tertiary/aromatic N) is 1. The third-order valence-electron chi connectivity index (χ3n) is 3.89. The van der Waals surface area contributed by atoms with E-state index in [1.807, 2.05) is 61.7 Å². The van der Waals surface area contributed by atoms with Crippen molar-refractivity contribution in [1.82, 2.24) is 4.40 Å². The first-order valence-corrected chi connectivity index (χ1v) is 7.93. The minimum absolute atomic E-state index is 0.554. The van der Waals surface area contributed by atoms with Gasteiger partial charge in [-0.3, -0.25) is 4.79 Å². The Balaban J connectivity index is 2.34. The summed E-state index contributed by atoms with van der Waals surface area (Å²) in [6, 6.07) is 9.76. The largest absolute Gasteiger partial charge is 0.493 e. The van der Waals surface area contributed by atoms with Crippen molar-refractivity contribution in [2.75, 3.05) is 6.61 Å². The van der Waals surface area contributed by atoms with E-state index in [1.54, 1.807) is 0 Å². The van der Waals surface area contributed by atoms with Gasteiger partial charge in [-0.2, -0.15) is 0 Å². The van der Waals surface area contributed by atoms with E-state index >= 15 is 0 Å². The molecule has 0 fully saturated rings. The van der Waals surface area contributed by atoms with Crippen molar-refractivity contribution in [1.29, 1.82) is 0 Å². The Hall–Kier alpha value is -2.26. The number of halogens is 1. The standard InChI is InChI=1S/C19H18ClNO2/c1-4-23-19-13(3)7-14(20)8-17(19)16-9-15-6-5-12(2)10-21(15)18(16)11-22/h5-11H,4H2,1-3H3. The number of hydrogen-bond donors (Lipinski definition) is 0. The monoisotopic (exact) mass is 327 g/mol. The second-order valence-electron chi connectivity index (χ2n) is 5.59. The van der Waals surface area contributed by atoms with Gasteiger partial charge in [-0.05, 0) is 56.2 Å². The average molecular weight is 328 g/mol. The maximum absolute atomic E-state index is 11.7. The van der Waals surface area contributed by atoms with E-state index in [4.69, 9.17) is 16.3 Å². The summed E-state index contributed by atoms with van der Waals surface area (Å²) in [5, 5.41) is 0.629. The summed E-state index contributed by atoms with van der Waals surface area (Å²) in [5.41, 5.74) is 5.30. The molecule has 1 aromatic carbocycles. The number of carbonyl (C=O) groups excluding carboxylic acids is 1. The number of rotatable bonds is 4. The van der Waals surface area contributed by atoms with E-state index in [2.05, 4.69) is 0 Å². The van der Waals surface area contributed by atoms with Crippen molar-refractivity contribution in [3.8, 4) is 16.9 Å². The van der Waals surface area contributed by atoms with Crippen LogP contribution in [0.1, 0.15) is 28.5 Å². The molecule has 0 aliphatic rings. The van der Waals surface area contributed by atoms with Gasteiger partial charge in [-0.15, -0.1) is 0 Å². The number of aldehydes is 1. The van der Waals surface area contributed by atoms with Crippen LogP contribution in [0.5, 0.6) is 5.75 Å². The normalized spacial score (nSPS) is 11.0. The van der Waals surface area contributed by atoms with Gasteiger partial charge in [0.2, 0.25) is 0 Å². The number of pyridine rings is 1. The topological polar surface area (TPSA) is 30.7 Å². The Bertz CT molecular complexity index is 896. The Labute approximate surface area is 140 Å². The van der Waals surface area contributed by atoms with Crippen LogP contribution in [0.15, 0.2) is 36.5 Å². The van der Waals surface area contributed by atoms with Crippen LogP contribution in [0.4, 0.5) is 0 Å². The molecular weight excluding hydrogens is 310 g/mol. The molecule has 3 nitrogen and oxygen atoms in total. The summed E-state index contributed by atoms with van der Waals surface area (Å²) < 4.78 is 7.72. The van der Waals surface area contributed by atoms with Gasteiger partial charge in [0.15, 0.2) is 6.29 Å². The van der Waals surface area contributed by atoms with Crippen LogP contribution >= 0.6 is 11.6 Å². The van der Waals surface area contributed by atoms with Crippen molar-refractivity contribution in [2.45, 2.75) is 20.8 Å². The van der Waals surface area contributed by atoms with Gasteiger partial charge >= 0.3 is 0 Å². The summed E-state index contributed by atoms with van der Waals surface area (Å²) in [5.74, 6) is 0.771. The first kappa shape index (κ1) is 15.6. The Kier molecular flexibility index (Phi) is 4.14. The molecule has 0 unspecified atom stereocenters. The zero-order chi connectivity index (χ0) is 16.6. The number of benzene rings is 1. The second-order valence-corrected chi connectivity index (χ2v) is 6.03. The quantitative estimate of drug-likeness (QED) is 0.625. The van der Waals surface area contributed by atoms with Gasteiger partial charge < -0.3 is 9.14 Å². The molecule has 0 atom stereocenters. The van der Waals surface area contributed by atoms with Crippen LogP contribution in [0, 0.1) is 13.8 Å². The first-order chi connectivity index (χ1) is 11.0. The molecule has 0 amide bonds. The number of carbonyl (C=O) groups is 1. The molecule has 3 aromatic rings. The molecular formula is C19H18ClNO2. The van der Waals surface area contributed by atoms with Gasteiger partial charge in [0.1, 0.15) is 5.75 Å². The van der Waals surface area contributed by atoms with Crippen LogP contribution in [0.3, 0.4) is 0 Å². The number of aromatic nitrogens is 1. The minimum atomic E-state index is 0.554. The Morgan fingerprint density at radius 3 is 2.65 bits per heavy atom. The van der Waals surface area contributed by atoms with E-state index in [1.165, 1.54) is 0 Å². The molecule has 3 rings (SSSR count). The molecule has 0 saturated carbocycles. The van der Waals surface area contributed by atoms with E-state index < -0.39 is 0 Å². The van der Waals surface area contributed by atoms with Crippen LogP contribution < -0.4 is 4.74 Å². The molecule has 2 heterocycles. The Morgan fingerprint density at radius 2 is 1.96 bits per heavy atom. The molecule has 0 spiro atoms. The van der Waals surface area contributed by atoms with E-state index in [9.17, 15) is 4.79 Å². The van der Waals surface area contributed by atoms with Crippen molar-refractivity contribution in [3.05, 3.63) is 58.4 Å². The third kappa shape index (κ3) is 2.73. The second kappa shape index (κ2) is 6.09. The number of hydrogen-bond acceptors (Lipinski definition) is 2. The summed E-state index contributed by atoms with van der Waals surface area (Å²) in [6.45, 7) is 6.46. The predicted molar refractivity (Wildman–Crippen MR) is 93.9 cm³/mol. The van der Waals surface area contributed by atoms with Crippen LogP contribution in [-0.4, -0.2) is 17.3 Å². The fourth-order valence-corrected chi connectivity index (χ4v) is 3.17. The number of aryl methyl sites for hydroxylation is 2. The van der Waals surface area contributed by atoms with Crippen LogP contribution in [0.2, 0.25) is 5.02 Å². The molecule has 0 saturated heterocycles. The molecule has 0 aliphatic heterocycles. The number of ether oxygens (including phenoxy) is 1. The van der Waals surface area contributed by atoms with Crippen LogP contribution in [0.25, 0.3) is 16.6 Å². The predicted octanol–water partition coefficient (Wildman–Crippen LogP) is 5.09. The fraction of sp³-hybridized carbons (Fsp3) is 0.211. The highest BCUT2D eigenvalue weighted by Crippen LogP contribution is 2.38. The smallest absolute Gasteiger partial charge is 0.167 e. The molecule has 0 N–H and O–H groups in total. The molecule has 0 aliphatic carbocycles. The van der Waals surface area contributed by atoms with Gasteiger partial charge in [0.05, 0.1) is 12.3 Å². The van der Waals surface area contributed by atoms with Gasteiger partial charge in [0.25, 0.3) is 0 Å². The average Bonchev–Trinajstić information content (AvgIpc) is 2.87. The fourth-order valence-electron chi connectivity index (χ4n) is 2.90. The van der Waals surface area contributed by atoms with Gasteiger partial charge in [-0.25, -0.2) is 0 Å². The SMILES string of the molecule is CCOc1c(C)cc(Cl)cc1-c1cc2ccc(C)cn2c1C=O. The van der Waals surface area contributed by atoms with E-state index in [0.29, 0.717) is 17.3 Å². The lowest BCUT2D eigenvalue weighted by molar-refractivity contribution is 0.111. The summed E-state index contributed by atoms with van der Waals surface area (Å²) in [4.78, 5) is 11.7. The highest BCUT2D eigenvalue weighted by molar-refractivity contribution is 6.31. The summed E-state index contributed by atoms with van der Waals surface area (Å²) in [6.07, 6.45) is 2.84. The molecule has 2 aromatic heterocycles. The van der Waals surface area contributed by atoms with Crippen molar-refractivity contribution in [2.24, 2.45) is 0 Å². The van der Waals surface area contributed by atoms with Gasteiger partial charge in [-0.1, -0.05) is 17.7 Å². The number of fused-ring (bicyclic) bond motifs is 1. The van der Waals surface area contributed by atoms with Crippen molar-refractivity contribution < 1.29 is 9.53 Å². The molecule has 0 radical (unpaired) electrons. The maximum Gasteiger partial charge on any atom is 0.167 e. The zero-order valence-corrected chi connectivity index (χ0v) is 14.1. The molecule has 23 heavy (non-hydrogen) atoms. The van der Waals surface area contributed by atoms with E-state index in [-0.39, 0.29) is 0 Å². The van der Waals surface area contributed by atoms with Crippen molar-refractivity contribution >= 4 is 23.4 Å². The highest BCUT2D eigenvalue weighted by Gasteiger charge is 2.17.